The van der Waals surface area contributed by atoms with Crippen LogP contribution in [-0.4, -0.2) is 30.3 Å². The lowest BCUT2D eigenvalue weighted by atomic mass is 9.49. The summed E-state index contributed by atoms with van der Waals surface area (Å²) >= 11 is 0. The molecule has 0 spiro atoms. The minimum absolute atomic E-state index is 0.0424. The fraction of sp³-hybridized carbons (Fsp3) is 0.652. The van der Waals surface area contributed by atoms with Gasteiger partial charge in [-0.2, -0.15) is 13.2 Å². The van der Waals surface area contributed by atoms with E-state index in [0.29, 0.717) is 6.42 Å². The second-order valence-electron chi connectivity index (χ2n) is 9.78. The summed E-state index contributed by atoms with van der Waals surface area (Å²) in [7, 11) is 1.46. The number of nitrogens with zero attached hydrogens (tertiary/aromatic N) is 1. The first-order chi connectivity index (χ1) is 14.1. The number of rotatable bonds is 6. The molecule has 4 aliphatic rings. The Hall–Kier alpha value is -2.05. The van der Waals surface area contributed by atoms with Crippen molar-refractivity contribution in [2.45, 2.75) is 57.7 Å². The third-order valence-electron chi connectivity index (χ3n) is 7.29. The number of carbonyl (C=O) groups is 2. The van der Waals surface area contributed by atoms with Crippen LogP contribution in [0.15, 0.2) is 24.3 Å². The predicted molar refractivity (Wildman–Crippen MR) is 106 cm³/mol. The van der Waals surface area contributed by atoms with Crippen molar-refractivity contribution < 1.29 is 22.8 Å². The van der Waals surface area contributed by atoms with Gasteiger partial charge in [0.1, 0.15) is 0 Å². The van der Waals surface area contributed by atoms with Crippen molar-refractivity contribution in [2.24, 2.45) is 23.2 Å². The Morgan fingerprint density at radius 3 is 2.20 bits per heavy atom. The number of nitrogens with one attached hydrogen (secondary N) is 1. The number of hydrogen-bond acceptors (Lipinski definition) is 2. The van der Waals surface area contributed by atoms with Gasteiger partial charge in [-0.3, -0.25) is 9.59 Å². The summed E-state index contributed by atoms with van der Waals surface area (Å²) < 4.78 is 39.4. The van der Waals surface area contributed by atoms with Gasteiger partial charge in [-0.15, -0.1) is 0 Å². The summed E-state index contributed by atoms with van der Waals surface area (Å²) in [6.07, 6.45) is 3.28. The zero-order valence-electron chi connectivity index (χ0n) is 17.3. The summed E-state index contributed by atoms with van der Waals surface area (Å²) in [5.41, 5.74) is -0.601. The second kappa shape index (κ2) is 7.89. The number of amides is 2. The van der Waals surface area contributed by atoms with Gasteiger partial charge in [0.2, 0.25) is 11.8 Å². The SMILES string of the molecule is CN(Cc1ccccc1C(F)(F)F)C(=O)CNC(=O)CC12CC3CC(CC(C3)C1)C2. The molecule has 0 heterocycles. The summed E-state index contributed by atoms with van der Waals surface area (Å²) in [6.45, 7) is -0.338. The zero-order chi connectivity index (χ0) is 21.5. The molecule has 2 amide bonds. The molecule has 1 N–H and O–H groups in total. The Kier molecular flexibility index (Phi) is 5.58. The lowest BCUT2D eigenvalue weighted by molar-refractivity contribution is -0.139. The molecule has 4 saturated carbocycles. The van der Waals surface area contributed by atoms with E-state index >= 15 is 0 Å². The lowest BCUT2D eigenvalue weighted by Crippen LogP contribution is -2.48. The van der Waals surface area contributed by atoms with Gasteiger partial charge in [0.05, 0.1) is 12.1 Å². The van der Waals surface area contributed by atoms with E-state index < -0.39 is 17.6 Å². The van der Waals surface area contributed by atoms with E-state index in [0.717, 1.165) is 43.1 Å². The van der Waals surface area contributed by atoms with E-state index in [1.807, 2.05) is 0 Å². The molecule has 164 valence electrons. The first kappa shape index (κ1) is 21.2. The topological polar surface area (TPSA) is 49.4 Å². The van der Waals surface area contributed by atoms with Crippen molar-refractivity contribution >= 4 is 11.8 Å². The fourth-order valence-electron chi connectivity index (χ4n) is 6.50. The quantitative estimate of drug-likeness (QED) is 0.739. The first-order valence-electron chi connectivity index (χ1n) is 10.8. The molecule has 4 nitrogen and oxygen atoms in total. The van der Waals surface area contributed by atoms with E-state index in [1.54, 1.807) is 0 Å². The number of carbonyl (C=O) groups excluding carboxylic acids is 2. The molecule has 0 unspecified atom stereocenters. The van der Waals surface area contributed by atoms with Gasteiger partial charge in [0, 0.05) is 20.0 Å². The largest absolute Gasteiger partial charge is 0.416 e. The lowest BCUT2D eigenvalue weighted by Gasteiger charge is -2.56. The molecule has 0 aliphatic heterocycles. The van der Waals surface area contributed by atoms with Crippen LogP contribution in [0.2, 0.25) is 0 Å². The molecule has 4 aliphatic carbocycles. The van der Waals surface area contributed by atoms with Crippen LogP contribution in [-0.2, 0) is 22.3 Å². The van der Waals surface area contributed by atoms with Crippen LogP contribution in [0.25, 0.3) is 0 Å². The number of benzene rings is 1. The average molecular weight is 422 g/mol. The van der Waals surface area contributed by atoms with Crippen LogP contribution >= 0.6 is 0 Å². The molecule has 30 heavy (non-hydrogen) atoms. The second-order valence-corrected chi connectivity index (χ2v) is 9.78. The molecule has 4 bridgehead atoms. The maximum absolute atomic E-state index is 13.1. The van der Waals surface area contributed by atoms with Gasteiger partial charge in [-0.25, -0.2) is 0 Å². The third kappa shape index (κ3) is 4.49. The van der Waals surface area contributed by atoms with E-state index in [2.05, 4.69) is 5.32 Å². The minimum atomic E-state index is -4.47. The van der Waals surface area contributed by atoms with Crippen LogP contribution in [0.4, 0.5) is 13.2 Å². The van der Waals surface area contributed by atoms with Gasteiger partial charge in [0.25, 0.3) is 0 Å². The van der Waals surface area contributed by atoms with E-state index in [4.69, 9.17) is 0 Å². The predicted octanol–water partition coefficient (Wildman–Crippen LogP) is 4.39. The molecule has 0 radical (unpaired) electrons. The monoisotopic (exact) mass is 422 g/mol. The molecular formula is C23H29F3N2O2. The summed E-state index contributed by atoms with van der Waals surface area (Å²) in [5, 5.41) is 2.72. The highest BCUT2D eigenvalue weighted by molar-refractivity contribution is 5.85. The number of hydrogen-bond donors (Lipinski definition) is 1. The van der Waals surface area contributed by atoms with E-state index in [9.17, 15) is 22.8 Å². The summed E-state index contributed by atoms with van der Waals surface area (Å²) in [6, 6.07) is 5.24. The van der Waals surface area contributed by atoms with Gasteiger partial charge >= 0.3 is 6.18 Å². The van der Waals surface area contributed by atoms with Crippen molar-refractivity contribution in [3.05, 3.63) is 35.4 Å². The van der Waals surface area contributed by atoms with Crippen LogP contribution in [0.3, 0.4) is 0 Å². The van der Waals surface area contributed by atoms with Crippen LogP contribution in [0.5, 0.6) is 0 Å². The summed E-state index contributed by atoms with van der Waals surface area (Å²) in [5.74, 6) is 1.75. The van der Waals surface area contributed by atoms with E-state index in [-0.39, 0.29) is 30.0 Å². The molecule has 4 fully saturated rings. The third-order valence-corrected chi connectivity index (χ3v) is 7.29. The number of likely N-dealkylation sites (N-methyl/N-ethyl adjacent to an activating group) is 1. The maximum Gasteiger partial charge on any atom is 0.416 e. The molecule has 0 atom stereocenters. The minimum Gasteiger partial charge on any atom is -0.347 e. The highest BCUT2D eigenvalue weighted by atomic mass is 19.4. The molecule has 0 aromatic heterocycles. The normalized spacial score (nSPS) is 29.7. The maximum atomic E-state index is 13.1. The Bertz CT molecular complexity index is 786. The van der Waals surface area contributed by atoms with Crippen molar-refractivity contribution in [3.8, 4) is 0 Å². The number of halogens is 3. The highest BCUT2D eigenvalue weighted by Crippen LogP contribution is 2.61. The van der Waals surface area contributed by atoms with Crippen molar-refractivity contribution in [1.82, 2.24) is 10.2 Å². The first-order valence-corrected chi connectivity index (χ1v) is 10.8. The average Bonchev–Trinajstić information content (AvgIpc) is 2.64. The number of alkyl halides is 3. The fourth-order valence-corrected chi connectivity index (χ4v) is 6.50. The highest BCUT2D eigenvalue weighted by Gasteiger charge is 2.51. The molecule has 1 aromatic carbocycles. The van der Waals surface area contributed by atoms with Crippen LogP contribution in [0, 0.1) is 23.2 Å². The molecule has 1 aromatic rings. The Labute approximate surface area is 175 Å². The summed E-state index contributed by atoms with van der Waals surface area (Å²) in [4.78, 5) is 26.2. The molecule has 7 heteroatoms. The standard InChI is InChI=1S/C23H29F3N2O2/c1-28(14-18-4-2-3-5-19(18)23(24,25)26)21(30)13-27-20(29)12-22-9-15-6-16(10-22)8-17(7-15)11-22/h2-5,15-17H,6-14H2,1H3,(H,27,29). The smallest absolute Gasteiger partial charge is 0.347 e. The van der Waals surface area contributed by atoms with Crippen LogP contribution < -0.4 is 5.32 Å². The van der Waals surface area contributed by atoms with Gasteiger partial charge in [0.15, 0.2) is 0 Å². The van der Waals surface area contributed by atoms with Crippen LogP contribution in [0.1, 0.15) is 56.1 Å². The Morgan fingerprint density at radius 2 is 1.63 bits per heavy atom. The Morgan fingerprint density at radius 1 is 1.07 bits per heavy atom. The molecule has 5 rings (SSSR count). The van der Waals surface area contributed by atoms with Gasteiger partial charge in [-0.05, 0) is 73.3 Å². The Balaban J connectivity index is 1.29. The molecular weight excluding hydrogens is 393 g/mol. The van der Waals surface area contributed by atoms with Crippen molar-refractivity contribution in [2.75, 3.05) is 13.6 Å². The van der Waals surface area contributed by atoms with Crippen molar-refractivity contribution in [1.29, 1.82) is 0 Å². The zero-order valence-corrected chi connectivity index (χ0v) is 17.3. The van der Waals surface area contributed by atoms with Gasteiger partial charge < -0.3 is 10.2 Å². The van der Waals surface area contributed by atoms with Crippen molar-refractivity contribution in [3.63, 3.8) is 0 Å². The van der Waals surface area contributed by atoms with Gasteiger partial charge in [-0.1, -0.05) is 18.2 Å². The molecule has 0 saturated heterocycles. The van der Waals surface area contributed by atoms with E-state index in [1.165, 1.54) is 49.4 Å².